The number of furan rings is 1. The third-order valence-electron chi connectivity index (χ3n) is 14.4. The number of nitrogens with zero attached hydrogens (tertiary/aromatic N) is 2. The summed E-state index contributed by atoms with van der Waals surface area (Å²) in [6.07, 6.45) is 0. The van der Waals surface area contributed by atoms with E-state index in [2.05, 4.69) is 229 Å². The van der Waals surface area contributed by atoms with Crippen LogP contribution in [0.25, 0.3) is 55.3 Å². The molecule has 0 N–H and O–H groups in total. The molecule has 0 saturated carbocycles. The van der Waals surface area contributed by atoms with Crippen LogP contribution in [0.15, 0.2) is 168 Å². The van der Waals surface area contributed by atoms with Gasteiger partial charge in [-0.1, -0.05) is 171 Å². The normalized spacial score (nSPS) is 14.7. The Morgan fingerprint density at radius 1 is 0.492 bits per heavy atom. The lowest BCUT2D eigenvalue weighted by Gasteiger charge is -2.46. The zero-order chi connectivity index (χ0) is 43.2. The molecule has 2 aliphatic heterocycles. The van der Waals surface area contributed by atoms with Gasteiger partial charge in [-0.25, -0.2) is 0 Å². The smallest absolute Gasteiger partial charge is 0.333 e. The summed E-state index contributed by atoms with van der Waals surface area (Å²) in [6.45, 7) is 18.5. The molecule has 0 spiro atoms. The number of rotatable bonds is 3. The molecule has 4 heteroatoms. The molecule has 1 aromatic heterocycles. The first-order chi connectivity index (χ1) is 30.3. The zero-order valence-electron chi connectivity index (χ0n) is 37.5. The molecule has 3 nitrogen and oxygen atoms in total. The highest BCUT2D eigenvalue weighted by atomic mass is 16.3. The molecule has 8 aromatic carbocycles. The van der Waals surface area contributed by atoms with Crippen molar-refractivity contribution in [2.75, 3.05) is 9.71 Å². The van der Waals surface area contributed by atoms with Gasteiger partial charge in [-0.2, -0.15) is 0 Å². The summed E-state index contributed by atoms with van der Waals surface area (Å²) in [7, 11) is 0. The van der Waals surface area contributed by atoms with Gasteiger partial charge >= 0.3 is 6.85 Å². The molecule has 1 aliphatic carbocycles. The second-order valence-electron chi connectivity index (χ2n) is 20.6. The third-order valence-corrected chi connectivity index (χ3v) is 14.4. The molecule has 0 radical (unpaired) electrons. The topological polar surface area (TPSA) is 19.6 Å². The maximum atomic E-state index is 7.06. The zero-order valence-corrected chi connectivity index (χ0v) is 37.5. The third kappa shape index (κ3) is 5.46. The van der Waals surface area contributed by atoms with E-state index in [9.17, 15) is 0 Å². The molecule has 3 aliphatic rings. The van der Waals surface area contributed by atoms with Crippen LogP contribution < -0.4 is 20.6 Å². The summed E-state index contributed by atoms with van der Waals surface area (Å²) in [4.78, 5) is 5.24. The van der Waals surface area contributed by atoms with Crippen LogP contribution in [0.5, 0.6) is 0 Å². The van der Waals surface area contributed by atoms with Crippen molar-refractivity contribution >= 4 is 68.1 Å². The first-order valence-electron chi connectivity index (χ1n) is 22.5. The average Bonchev–Trinajstić information content (AvgIpc) is 3.76. The molecule has 9 aromatic rings. The molecular formula is C59H51BN2O. The predicted octanol–water partition coefficient (Wildman–Crippen LogP) is 14.9. The van der Waals surface area contributed by atoms with Gasteiger partial charge in [-0.15, -0.1) is 0 Å². The van der Waals surface area contributed by atoms with Crippen molar-refractivity contribution in [2.45, 2.75) is 71.6 Å². The van der Waals surface area contributed by atoms with E-state index in [0.29, 0.717) is 0 Å². The highest BCUT2D eigenvalue weighted by Gasteiger charge is 2.48. The van der Waals surface area contributed by atoms with Gasteiger partial charge in [0.1, 0.15) is 11.2 Å². The van der Waals surface area contributed by atoms with E-state index in [1.54, 1.807) is 0 Å². The number of hydrogen-bond acceptors (Lipinski definition) is 3. The summed E-state index contributed by atoms with van der Waals surface area (Å²) in [5.41, 5.74) is 22.9. The Balaban J connectivity index is 1.26. The molecule has 0 bridgehead atoms. The summed E-state index contributed by atoms with van der Waals surface area (Å²) in [5, 5.41) is 2.26. The monoisotopic (exact) mass is 814 g/mol. The van der Waals surface area contributed by atoms with Crippen LogP contribution >= 0.6 is 0 Å². The highest BCUT2D eigenvalue weighted by molar-refractivity contribution is 6.94. The fraction of sp³-hybridized carbons (Fsp3) is 0.186. The van der Waals surface area contributed by atoms with Crippen molar-refractivity contribution in [3.8, 4) is 33.4 Å². The summed E-state index contributed by atoms with van der Waals surface area (Å²) >= 11 is 0. The summed E-state index contributed by atoms with van der Waals surface area (Å²) in [6, 6.07) is 61.7. The maximum Gasteiger partial charge on any atom is 0.333 e. The lowest BCUT2D eigenvalue weighted by atomic mass is 9.43. The van der Waals surface area contributed by atoms with Crippen LogP contribution in [0.2, 0.25) is 0 Å². The van der Waals surface area contributed by atoms with E-state index in [4.69, 9.17) is 4.42 Å². The van der Waals surface area contributed by atoms with Crippen LogP contribution in [0.3, 0.4) is 0 Å². The molecular weight excluding hydrogens is 763 g/mol. The van der Waals surface area contributed by atoms with Crippen molar-refractivity contribution < 1.29 is 4.42 Å². The van der Waals surface area contributed by atoms with Crippen LogP contribution in [-0.4, -0.2) is 6.85 Å². The second-order valence-corrected chi connectivity index (χ2v) is 20.6. The molecule has 63 heavy (non-hydrogen) atoms. The molecule has 3 heterocycles. The van der Waals surface area contributed by atoms with Gasteiger partial charge < -0.3 is 14.1 Å². The van der Waals surface area contributed by atoms with E-state index in [1.807, 2.05) is 0 Å². The van der Waals surface area contributed by atoms with E-state index in [1.165, 1.54) is 89.3 Å². The Labute approximate surface area is 371 Å². The maximum absolute atomic E-state index is 7.06. The first-order valence-corrected chi connectivity index (χ1v) is 22.5. The number of anilines is 5. The minimum Gasteiger partial charge on any atom is -0.455 e. The van der Waals surface area contributed by atoms with Crippen molar-refractivity contribution in [2.24, 2.45) is 0 Å². The minimum atomic E-state index is -0.192. The minimum absolute atomic E-state index is 0.0304. The van der Waals surface area contributed by atoms with Crippen molar-refractivity contribution in [3.63, 3.8) is 0 Å². The summed E-state index contributed by atoms with van der Waals surface area (Å²) in [5.74, 6) is 0. The van der Waals surface area contributed by atoms with E-state index >= 15 is 0 Å². The summed E-state index contributed by atoms with van der Waals surface area (Å²) < 4.78 is 7.06. The Morgan fingerprint density at radius 2 is 1.16 bits per heavy atom. The number of fused-ring (bicyclic) bond motifs is 11. The number of para-hydroxylation sites is 2. The quantitative estimate of drug-likeness (QED) is 0.166. The molecule has 0 saturated heterocycles. The predicted molar refractivity (Wildman–Crippen MR) is 268 cm³/mol. The van der Waals surface area contributed by atoms with Gasteiger partial charge in [-0.05, 0) is 109 Å². The fourth-order valence-electron chi connectivity index (χ4n) is 11.1. The lowest BCUT2D eigenvalue weighted by Crippen LogP contribution is -2.61. The highest BCUT2D eigenvalue weighted by Crippen LogP contribution is 2.55. The van der Waals surface area contributed by atoms with Gasteiger partial charge in [0.05, 0.1) is 5.69 Å². The number of benzene rings is 8. The van der Waals surface area contributed by atoms with Gasteiger partial charge in [0.15, 0.2) is 0 Å². The van der Waals surface area contributed by atoms with Gasteiger partial charge in [0.2, 0.25) is 0 Å². The molecule has 0 fully saturated rings. The Kier molecular flexibility index (Phi) is 7.91. The fourth-order valence-corrected chi connectivity index (χ4v) is 11.1. The SMILES string of the molecule is CC(C)(C)c1ccc(N2B3c4cc5c(cc4N(c4ccc(C(C)(C)C)cc4-c4ccccc4)c4cc6c(oc7ccccc76)c(c43)-c3ccccc32)C(C)(C)c2ccccc2-5)cc1. The standard InChI is InChI=1S/C59H51BN2O/c1-57(2,3)37-26-29-39(30-27-37)62-50-24-16-13-22-42(50)54-55-52(34-45-41-21-14-17-25-53(41)63-56(45)54)61(49-31-28-38(58(4,5)6)32-43(49)36-18-10-9-11-19-36)51-35-47-44(33-48(51)60(55)62)40-20-12-15-23-46(40)59(47,7)8/h9-35H,1-8H3. The van der Waals surface area contributed by atoms with Crippen molar-refractivity contribution in [1.82, 2.24) is 0 Å². The van der Waals surface area contributed by atoms with Gasteiger partial charge in [-0.3, -0.25) is 0 Å². The van der Waals surface area contributed by atoms with E-state index < -0.39 is 0 Å². The Hall–Kier alpha value is -6.78. The van der Waals surface area contributed by atoms with Crippen molar-refractivity contribution in [3.05, 3.63) is 186 Å². The molecule has 0 amide bonds. The Bertz CT molecular complexity index is 3340. The molecule has 306 valence electrons. The molecule has 0 atom stereocenters. The van der Waals surface area contributed by atoms with Crippen molar-refractivity contribution in [1.29, 1.82) is 0 Å². The Morgan fingerprint density at radius 3 is 1.92 bits per heavy atom. The molecule has 0 unspecified atom stereocenters. The average molecular weight is 815 g/mol. The lowest BCUT2D eigenvalue weighted by molar-refractivity contribution is 0.590. The molecule has 12 rings (SSSR count). The van der Waals surface area contributed by atoms with Crippen LogP contribution in [0.4, 0.5) is 28.4 Å². The van der Waals surface area contributed by atoms with Crippen LogP contribution in [-0.2, 0) is 16.2 Å². The van der Waals surface area contributed by atoms with E-state index in [0.717, 1.165) is 27.6 Å². The first kappa shape index (κ1) is 37.9. The van der Waals surface area contributed by atoms with Crippen LogP contribution in [0, 0.1) is 0 Å². The number of hydrogen-bond donors (Lipinski definition) is 0. The van der Waals surface area contributed by atoms with E-state index in [-0.39, 0.29) is 23.1 Å². The largest absolute Gasteiger partial charge is 0.455 e. The van der Waals surface area contributed by atoms with Gasteiger partial charge in [0, 0.05) is 55.6 Å². The second kappa shape index (κ2) is 13.1. The van der Waals surface area contributed by atoms with Crippen LogP contribution in [0.1, 0.15) is 77.6 Å². The van der Waals surface area contributed by atoms with Gasteiger partial charge in [0.25, 0.3) is 0 Å².